The second-order valence-electron chi connectivity index (χ2n) is 3.48. The van der Waals surface area contributed by atoms with Gasteiger partial charge in [-0.05, 0) is 31.1 Å². The fourth-order valence-electron chi connectivity index (χ4n) is 1.31. The molecule has 2 heteroatoms. The van der Waals surface area contributed by atoms with E-state index in [2.05, 4.69) is 18.5 Å². The highest BCUT2D eigenvalue weighted by atomic mass is 16.1. The molecule has 0 aliphatic rings. The van der Waals surface area contributed by atoms with Gasteiger partial charge in [0.15, 0.2) is 0 Å². The summed E-state index contributed by atoms with van der Waals surface area (Å²) in [4.78, 5) is 11.2. The Bertz CT molecular complexity index is 393. The molecule has 0 bridgehead atoms. The van der Waals surface area contributed by atoms with E-state index < -0.39 is 0 Å². The molecule has 0 aliphatic carbocycles. The number of amides is 1. The van der Waals surface area contributed by atoms with Crippen LogP contribution in [0.2, 0.25) is 0 Å². The molecule has 0 aliphatic heterocycles. The Labute approximate surface area is 90.3 Å². The van der Waals surface area contributed by atoms with Crippen molar-refractivity contribution in [3.05, 3.63) is 54.6 Å². The molecule has 0 unspecified atom stereocenters. The smallest absolute Gasteiger partial charge is 0.247 e. The average Bonchev–Trinajstić information content (AvgIpc) is 2.20. The van der Waals surface area contributed by atoms with E-state index in [9.17, 15) is 4.79 Å². The third kappa shape index (κ3) is 3.43. The van der Waals surface area contributed by atoms with E-state index in [-0.39, 0.29) is 5.91 Å². The lowest BCUT2D eigenvalue weighted by atomic mass is 10.1. The van der Waals surface area contributed by atoms with Gasteiger partial charge in [-0.1, -0.05) is 36.9 Å². The van der Waals surface area contributed by atoms with Crippen molar-refractivity contribution in [3.8, 4) is 0 Å². The van der Waals surface area contributed by atoms with Crippen LogP contribution in [0.4, 0.5) is 5.69 Å². The van der Waals surface area contributed by atoms with E-state index in [4.69, 9.17) is 0 Å². The van der Waals surface area contributed by atoms with Gasteiger partial charge in [0.25, 0.3) is 0 Å². The third-order valence-corrected chi connectivity index (χ3v) is 1.95. The molecule has 0 aromatic heterocycles. The number of rotatable bonds is 4. The van der Waals surface area contributed by atoms with Gasteiger partial charge in [-0.15, -0.1) is 0 Å². The fraction of sp³-hybridized carbons (Fsp3) is 0.154. The summed E-state index contributed by atoms with van der Waals surface area (Å²) in [5, 5.41) is 2.77. The monoisotopic (exact) mass is 201 g/mol. The summed E-state index contributed by atoms with van der Waals surface area (Å²) in [6, 6.07) is 7.69. The summed E-state index contributed by atoms with van der Waals surface area (Å²) in [6.45, 7) is 9.24. The van der Waals surface area contributed by atoms with Gasteiger partial charge in [0.05, 0.1) is 0 Å². The molecule has 0 saturated carbocycles. The maximum absolute atomic E-state index is 11.2. The number of hydrogen-bond donors (Lipinski definition) is 1. The van der Waals surface area contributed by atoms with Crippen molar-refractivity contribution >= 4 is 11.6 Å². The van der Waals surface area contributed by atoms with Crippen LogP contribution in [0.1, 0.15) is 12.5 Å². The van der Waals surface area contributed by atoms with Gasteiger partial charge in [-0.2, -0.15) is 0 Å². The van der Waals surface area contributed by atoms with E-state index in [1.807, 2.05) is 31.2 Å². The molecule has 0 atom stereocenters. The van der Waals surface area contributed by atoms with Crippen LogP contribution in [0.3, 0.4) is 0 Å². The van der Waals surface area contributed by atoms with E-state index in [0.717, 1.165) is 23.2 Å². The molecule has 1 aromatic rings. The fourth-order valence-corrected chi connectivity index (χ4v) is 1.31. The molecule has 0 spiro atoms. The van der Waals surface area contributed by atoms with Crippen LogP contribution in [-0.2, 0) is 11.2 Å². The first-order chi connectivity index (χ1) is 7.13. The normalized spacial score (nSPS) is 9.40. The zero-order valence-corrected chi connectivity index (χ0v) is 8.92. The minimum absolute atomic E-state index is 0.191. The van der Waals surface area contributed by atoms with Crippen molar-refractivity contribution in [2.45, 2.75) is 13.3 Å². The highest BCUT2D eigenvalue weighted by Crippen LogP contribution is 2.17. The van der Waals surface area contributed by atoms with Gasteiger partial charge >= 0.3 is 0 Å². The Morgan fingerprint density at radius 2 is 2.13 bits per heavy atom. The SMILES string of the molecule is C=CC(=O)Nc1ccccc1CC(=C)C. The van der Waals surface area contributed by atoms with Crippen LogP contribution in [0.5, 0.6) is 0 Å². The summed E-state index contributed by atoms with van der Waals surface area (Å²) in [5.41, 5.74) is 2.96. The number of para-hydroxylation sites is 1. The molecule has 1 N–H and O–H groups in total. The van der Waals surface area contributed by atoms with Crippen LogP contribution >= 0.6 is 0 Å². The summed E-state index contributed by atoms with van der Waals surface area (Å²) in [7, 11) is 0. The molecular formula is C13H15NO. The molecule has 0 fully saturated rings. The quantitative estimate of drug-likeness (QED) is 0.589. The zero-order chi connectivity index (χ0) is 11.3. The third-order valence-electron chi connectivity index (χ3n) is 1.95. The van der Waals surface area contributed by atoms with Crippen molar-refractivity contribution < 1.29 is 4.79 Å². The Morgan fingerprint density at radius 1 is 1.47 bits per heavy atom. The average molecular weight is 201 g/mol. The minimum atomic E-state index is -0.191. The molecule has 0 saturated heterocycles. The standard InChI is InChI=1S/C13H15NO/c1-4-13(15)14-12-8-6-5-7-11(12)9-10(2)3/h4-8H,1-2,9H2,3H3,(H,14,15). The lowest BCUT2D eigenvalue weighted by Crippen LogP contribution is -2.09. The van der Waals surface area contributed by atoms with Gasteiger partial charge in [0.1, 0.15) is 0 Å². The van der Waals surface area contributed by atoms with Crippen LogP contribution in [-0.4, -0.2) is 5.91 Å². The van der Waals surface area contributed by atoms with Crippen molar-refractivity contribution in [2.24, 2.45) is 0 Å². The van der Waals surface area contributed by atoms with Gasteiger partial charge in [0, 0.05) is 5.69 Å². The molecule has 0 radical (unpaired) electrons. The van der Waals surface area contributed by atoms with Crippen molar-refractivity contribution in [2.75, 3.05) is 5.32 Å². The molecule has 0 heterocycles. The summed E-state index contributed by atoms with van der Waals surface area (Å²) >= 11 is 0. The minimum Gasteiger partial charge on any atom is -0.322 e. The van der Waals surface area contributed by atoms with E-state index >= 15 is 0 Å². The predicted molar refractivity (Wildman–Crippen MR) is 63.8 cm³/mol. The van der Waals surface area contributed by atoms with E-state index in [1.54, 1.807) is 0 Å². The summed E-state index contributed by atoms with van der Waals surface area (Å²) in [5.74, 6) is -0.191. The van der Waals surface area contributed by atoms with Gasteiger partial charge in [-0.25, -0.2) is 0 Å². The molecule has 1 amide bonds. The van der Waals surface area contributed by atoms with Crippen LogP contribution in [0.15, 0.2) is 49.1 Å². The number of allylic oxidation sites excluding steroid dienone is 1. The highest BCUT2D eigenvalue weighted by molar-refractivity contribution is 5.99. The Morgan fingerprint density at radius 3 is 2.73 bits per heavy atom. The molecule has 78 valence electrons. The lowest BCUT2D eigenvalue weighted by molar-refractivity contribution is -0.111. The number of benzene rings is 1. The van der Waals surface area contributed by atoms with E-state index in [1.165, 1.54) is 6.08 Å². The van der Waals surface area contributed by atoms with Crippen molar-refractivity contribution in [1.29, 1.82) is 0 Å². The first-order valence-electron chi connectivity index (χ1n) is 4.79. The predicted octanol–water partition coefficient (Wildman–Crippen LogP) is 2.93. The van der Waals surface area contributed by atoms with Crippen molar-refractivity contribution in [3.63, 3.8) is 0 Å². The Kier molecular flexibility index (Phi) is 3.86. The van der Waals surface area contributed by atoms with Gasteiger partial charge in [0.2, 0.25) is 5.91 Å². The first kappa shape index (κ1) is 11.2. The number of carbonyl (C=O) groups is 1. The van der Waals surface area contributed by atoms with E-state index in [0.29, 0.717) is 0 Å². The maximum Gasteiger partial charge on any atom is 0.247 e. The topological polar surface area (TPSA) is 29.1 Å². The number of nitrogens with one attached hydrogen (secondary N) is 1. The molecule has 1 rings (SSSR count). The van der Waals surface area contributed by atoms with Gasteiger partial charge in [-0.3, -0.25) is 4.79 Å². The van der Waals surface area contributed by atoms with Crippen LogP contribution in [0, 0.1) is 0 Å². The Hall–Kier alpha value is -1.83. The summed E-state index contributed by atoms with van der Waals surface area (Å²) in [6.07, 6.45) is 2.03. The number of hydrogen-bond acceptors (Lipinski definition) is 1. The molecule has 15 heavy (non-hydrogen) atoms. The Balaban J connectivity index is 2.90. The second-order valence-corrected chi connectivity index (χ2v) is 3.48. The number of carbonyl (C=O) groups excluding carboxylic acids is 1. The largest absolute Gasteiger partial charge is 0.322 e. The summed E-state index contributed by atoms with van der Waals surface area (Å²) < 4.78 is 0. The van der Waals surface area contributed by atoms with Crippen LogP contribution < -0.4 is 5.32 Å². The van der Waals surface area contributed by atoms with Gasteiger partial charge < -0.3 is 5.32 Å². The maximum atomic E-state index is 11.2. The van der Waals surface area contributed by atoms with Crippen LogP contribution in [0.25, 0.3) is 0 Å². The zero-order valence-electron chi connectivity index (χ0n) is 8.92. The van der Waals surface area contributed by atoms with Crippen molar-refractivity contribution in [1.82, 2.24) is 0 Å². The lowest BCUT2D eigenvalue weighted by Gasteiger charge is -2.09. The number of anilines is 1. The second kappa shape index (κ2) is 5.15. The molecular weight excluding hydrogens is 186 g/mol. The first-order valence-corrected chi connectivity index (χ1v) is 4.79. The highest BCUT2D eigenvalue weighted by Gasteiger charge is 2.03. The molecule has 2 nitrogen and oxygen atoms in total. The molecule has 1 aromatic carbocycles.